The highest BCUT2D eigenvalue weighted by atomic mass is 16.5. The summed E-state index contributed by atoms with van der Waals surface area (Å²) in [4.78, 5) is 11.2. The first-order valence-corrected chi connectivity index (χ1v) is 5.12. The second-order valence-electron chi connectivity index (χ2n) is 3.25. The van der Waals surface area contributed by atoms with E-state index in [0.29, 0.717) is 5.56 Å². The van der Waals surface area contributed by atoms with Crippen LogP contribution < -0.4 is 0 Å². The summed E-state index contributed by atoms with van der Waals surface area (Å²) in [6.07, 6.45) is -0.230. The maximum atomic E-state index is 11.2. The maximum Gasteiger partial charge on any atom is 0.339 e. The number of hydrogen-bond donors (Lipinski definition) is 1. The summed E-state index contributed by atoms with van der Waals surface area (Å²) in [5, 5.41) is 9.61. The van der Waals surface area contributed by atoms with Gasteiger partial charge < -0.3 is 9.84 Å². The Kier molecular flexibility index (Phi) is 4.31. The molecule has 82 valence electrons. The lowest BCUT2D eigenvalue weighted by Crippen LogP contribution is -2.15. The van der Waals surface area contributed by atoms with E-state index in [2.05, 4.69) is 6.92 Å². The predicted molar refractivity (Wildman–Crippen MR) is 57.4 cm³/mol. The number of hydrogen-bond acceptors (Lipinski definition) is 3. The standard InChI is InChI=1S/C12H16O3/c1-3-9-5-7-10(8-6-9)11(13)12(14)15-4-2/h5-8,11,13H,3-4H2,1-2H3. The van der Waals surface area contributed by atoms with Gasteiger partial charge in [0.2, 0.25) is 0 Å². The Morgan fingerprint density at radius 1 is 1.33 bits per heavy atom. The van der Waals surface area contributed by atoms with Crippen molar-refractivity contribution in [2.24, 2.45) is 0 Å². The number of ether oxygens (including phenoxy) is 1. The maximum absolute atomic E-state index is 11.2. The van der Waals surface area contributed by atoms with Crippen molar-refractivity contribution in [3.05, 3.63) is 35.4 Å². The third-order valence-corrected chi connectivity index (χ3v) is 2.21. The Labute approximate surface area is 89.7 Å². The first-order valence-electron chi connectivity index (χ1n) is 5.12. The van der Waals surface area contributed by atoms with Gasteiger partial charge in [-0.15, -0.1) is 0 Å². The van der Waals surface area contributed by atoms with Crippen LogP contribution in [0.15, 0.2) is 24.3 Å². The molecule has 1 unspecified atom stereocenters. The molecule has 15 heavy (non-hydrogen) atoms. The molecule has 3 heteroatoms. The normalized spacial score (nSPS) is 12.2. The van der Waals surface area contributed by atoms with Crippen LogP contribution in [0.4, 0.5) is 0 Å². The van der Waals surface area contributed by atoms with E-state index < -0.39 is 12.1 Å². The largest absolute Gasteiger partial charge is 0.464 e. The van der Waals surface area contributed by atoms with Crippen LogP contribution in [0.3, 0.4) is 0 Å². The highest BCUT2D eigenvalue weighted by Crippen LogP contribution is 2.15. The molecule has 1 atom stereocenters. The van der Waals surface area contributed by atoms with Gasteiger partial charge in [-0.3, -0.25) is 0 Å². The van der Waals surface area contributed by atoms with Crippen LogP contribution in [-0.2, 0) is 16.0 Å². The van der Waals surface area contributed by atoms with E-state index in [4.69, 9.17) is 4.74 Å². The molecule has 0 amide bonds. The van der Waals surface area contributed by atoms with Gasteiger partial charge in [0.15, 0.2) is 6.10 Å². The lowest BCUT2D eigenvalue weighted by Gasteiger charge is -2.10. The average molecular weight is 208 g/mol. The Morgan fingerprint density at radius 3 is 2.40 bits per heavy atom. The van der Waals surface area contributed by atoms with E-state index in [-0.39, 0.29) is 6.61 Å². The second kappa shape index (κ2) is 5.51. The number of esters is 1. The molecule has 1 aromatic carbocycles. The molecule has 0 aliphatic carbocycles. The van der Waals surface area contributed by atoms with Crippen molar-refractivity contribution in [2.75, 3.05) is 6.61 Å². The first-order chi connectivity index (χ1) is 7.19. The summed E-state index contributed by atoms with van der Waals surface area (Å²) in [6, 6.07) is 7.30. The van der Waals surface area contributed by atoms with Gasteiger partial charge in [0.1, 0.15) is 0 Å². The molecule has 0 aromatic heterocycles. The Balaban J connectivity index is 2.73. The number of rotatable bonds is 4. The molecule has 1 N–H and O–H groups in total. The molecule has 0 radical (unpaired) electrons. The highest BCUT2D eigenvalue weighted by Gasteiger charge is 2.17. The van der Waals surface area contributed by atoms with Crippen LogP contribution in [0.2, 0.25) is 0 Å². The summed E-state index contributed by atoms with van der Waals surface area (Å²) in [5.74, 6) is -0.596. The fraction of sp³-hybridized carbons (Fsp3) is 0.417. The minimum absolute atomic E-state index is 0.281. The second-order valence-corrected chi connectivity index (χ2v) is 3.25. The lowest BCUT2D eigenvalue weighted by atomic mass is 10.1. The summed E-state index contributed by atoms with van der Waals surface area (Å²) in [6.45, 7) is 4.05. The molecule has 0 bridgehead atoms. The van der Waals surface area contributed by atoms with Crippen molar-refractivity contribution in [1.82, 2.24) is 0 Å². The molecule has 0 heterocycles. The zero-order valence-corrected chi connectivity index (χ0v) is 9.06. The van der Waals surface area contributed by atoms with Crippen LogP contribution in [0.25, 0.3) is 0 Å². The molecule has 0 fully saturated rings. The molecular weight excluding hydrogens is 192 g/mol. The van der Waals surface area contributed by atoms with E-state index in [9.17, 15) is 9.90 Å². The van der Waals surface area contributed by atoms with Crippen LogP contribution in [0.1, 0.15) is 31.1 Å². The summed E-state index contributed by atoms with van der Waals surface area (Å²) >= 11 is 0. The lowest BCUT2D eigenvalue weighted by molar-refractivity contribution is -0.153. The molecule has 1 rings (SSSR count). The van der Waals surface area contributed by atoms with Crippen LogP contribution >= 0.6 is 0 Å². The number of aliphatic hydroxyl groups is 1. The van der Waals surface area contributed by atoms with Crippen molar-refractivity contribution >= 4 is 5.97 Å². The molecule has 0 spiro atoms. The van der Waals surface area contributed by atoms with E-state index in [1.165, 1.54) is 5.56 Å². The fourth-order valence-corrected chi connectivity index (χ4v) is 1.29. The SMILES string of the molecule is CCOC(=O)C(O)c1ccc(CC)cc1. The van der Waals surface area contributed by atoms with Crippen molar-refractivity contribution in [3.8, 4) is 0 Å². The van der Waals surface area contributed by atoms with Gasteiger partial charge in [0, 0.05) is 0 Å². The average Bonchev–Trinajstić information content (AvgIpc) is 2.28. The predicted octanol–water partition coefficient (Wildman–Crippen LogP) is 1.85. The van der Waals surface area contributed by atoms with Gasteiger partial charge in [0.25, 0.3) is 0 Å². The summed E-state index contributed by atoms with van der Waals surface area (Å²) in [7, 11) is 0. The number of carbonyl (C=O) groups is 1. The van der Waals surface area contributed by atoms with Crippen molar-refractivity contribution < 1.29 is 14.6 Å². The minimum atomic E-state index is -1.17. The molecular formula is C12H16O3. The number of benzene rings is 1. The molecule has 0 saturated carbocycles. The zero-order chi connectivity index (χ0) is 11.3. The quantitative estimate of drug-likeness (QED) is 0.768. The molecule has 1 aromatic rings. The Morgan fingerprint density at radius 2 is 1.93 bits per heavy atom. The van der Waals surface area contributed by atoms with Gasteiger partial charge >= 0.3 is 5.97 Å². The van der Waals surface area contributed by atoms with Gasteiger partial charge in [-0.25, -0.2) is 4.79 Å². The van der Waals surface area contributed by atoms with E-state index in [1.54, 1.807) is 19.1 Å². The van der Waals surface area contributed by atoms with E-state index in [0.717, 1.165) is 6.42 Å². The molecule has 0 aliphatic rings. The number of carbonyl (C=O) groups excluding carboxylic acids is 1. The third-order valence-electron chi connectivity index (χ3n) is 2.21. The van der Waals surface area contributed by atoms with Crippen molar-refractivity contribution in [1.29, 1.82) is 0 Å². The zero-order valence-electron chi connectivity index (χ0n) is 9.06. The monoisotopic (exact) mass is 208 g/mol. The van der Waals surface area contributed by atoms with Crippen molar-refractivity contribution in [2.45, 2.75) is 26.4 Å². The topological polar surface area (TPSA) is 46.5 Å². The van der Waals surface area contributed by atoms with Gasteiger partial charge in [0.05, 0.1) is 6.61 Å². The van der Waals surface area contributed by atoms with Crippen LogP contribution in [0, 0.1) is 0 Å². The molecule has 0 aliphatic heterocycles. The van der Waals surface area contributed by atoms with E-state index >= 15 is 0 Å². The fourth-order valence-electron chi connectivity index (χ4n) is 1.29. The van der Waals surface area contributed by atoms with Crippen molar-refractivity contribution in [3.63, 3.8) is 0 Å². The van der Waals surface area contributed by atoms with Gasteiger partial charge in [-0.2, -0.15) is 0 Å². The smallest absolute Gasteiger partial charge is 0.339 e. The van der Waals surface area contributed by atoms with Gasteiger partial charge in [-0.1, -0.05) is 31.2 Å². The molecule has 0 saturated heterocycles. The Bertz CT molecular complexity index is 316. The molecule has 3 nitrogen and oxygen atoms in total. The van der Waals surface area contributed by atoms with Crippen LogP contribution in [0.5, 0.6) is 0 Å². The summed E-state index contributed by atoms with van der Waals surface area (Å²) in [5.41, 5.74) is 1.75. The Hall–Kier alpha value is -1.35. The highest BCUT2D eigenvalue weighted by molar-refractivity contribution is 5.76. The summed E-state index contributed by atoms with van der Waals surface area (Å²) < 4.78 is 4.73. The number of aryl methyl sites for hydroxylation is 1. The first kappa shape index (κ1) is 11.7. The van der Waals surface area contributed by atoms with E-state index in [1.807, 2.05) is 12.1 Å². The number of aliphatic hydroxyl groups excluding tert-OH is 1. The van der Waals surface area contributed by atoms with Gasteiger partial charge in [-0.05, 0) is 24.5 Å². The minimum Gasteiger partial charge on any atom is -0.464 e. The van der Waals surface area contributed by atoms with Crippen LogP contribution in [-0.4, -0.2) is 17.7 Å². The third kappa shape index (κ3) is 3.06.